The van der Waals surface area contributed by atoms with Crippen molar-refractivity contribution in [1.82, 2.24) is 4.57 Å². The third-order valence-electron chi connectivity index (χ3n) is 11.4. The van der Waals surface area contributed by atoms with E-state index in [0.29, 0.717) is 0 Å². The summed E-state index contributed by atoms with van der Waals surface area (Å²) >= 11 is 0. The van der Waals surface area contributed by atoms with E-state index in [9.17, 15) is 0 Å². The summed E-state index contributed by atoms with van der Waals surface area (Å²) in [6.07, 6.45) is 0. The monoisotopic (exact) mass is 712 g/mol. The van der Waals surface area contributed by atoms with Crippen molar-refractivity contribution in [2.75, 3.05) is 4.90 Å². The second-order valence-corrected chi connectivity index (χ2v) is 14.6. The molecule has 0 spiro atoms. The molecule has 0 saturated heterocycles. The SMILES string of the molecule is c1ccc(-n2c3ccccc3c3cc(-c4ccc(N(c5ccc(-c6cccc7ccccc67)cc5)c5ccc6ccc7ccccc7c6c5)cc4)ccc32)cc1. The second kappa shape index (κ2) is 13.2. The quantitative estimate of drug-likeness (QED) is 0.156. The summed E-state index contributed by atoms with van der Waals surface area (Å²) in [5.74, 6) is 0. The van der Waals surface area contributed by atoms with Crippen molar-refractivity contribution in [1.29, 1.82) is 0 Å². The Balaban J connectivity index is 1.03. The molecule has 0 unspecified atom stereocenters. The van der Waals surface area contributed by atoms with Gasteiger partial charge in [-0.1, -0.05) is 152 Å². The van der Waals surface area contributed by atoms with Crippen LogP contribution in [0, 0.1) is 0 Å². The predicted molar refractivity (Wildman–Crippen MR) is 239 cm³/mol. The van der Waals surface area contributed by atoms with Crippen molar-refractivity contribution in [2.24, 2.45) is 0 Å². The van der Waals surface area contributed by atoms with Crippen LogP contribution in [0.4, 0.5) is 17.1 Å². The van der Waals surface area contributed by atoms with Crippen molar-refractivity contribution >= 4 is 71.2 Å². The average Bonchev–Trinajstić information content (AvgIpc) is 3.61. The lowest BCUT2D eigenvalue weighted by atomic mass is 9.97. The molecule has 10 aromatic carbocycles. The molecule has 0 atom stereocenters. The van der Waals surface area contributed by atoms with Gasteiger partial charge in [-0.05, 0) is 121 Å². The summed E-state index contributed by atoms with van der Waals surface area (Å²) in [5.41, 5.74) is 11.8. The molecule has 0 aliphatic rings. The fourth-order valence-corrected chi connectivity index (χ4v) is 8.65. The summed E-state index contributed by atoms with van der Waals surface area (Å²) in [7, 11) is 0. The van der Waals surface area contributed by atoms with Crippen LogP contribution < -0.4 is 4.90 Å². The highest BCUT2D eigenvalue weighted by atomic mass is 15.1. The fraction of sp³-hybridized carbons (Fsp3) is 0. The van der Waals surface area contributed by atoms with Crippen LogP contribution in [0.15, 0.2) is 218 Å². The molecule has 1 heterocycles. The lowest BCUT2D eigenvalue weighted by Gasteiger charge is -2.26. The molecule has 11 rings (SSSR count). The number of rotatable bonds is 6. The minimum Gasteiger partial charge on any atom is -0.310 e. The summed E-state index contributed by atoms with van der Waals surface area (Å²) < 4.78 is 2.37. The lowest BCUT2D eigenvalue weighted by molar-refractivity contribution is 1.18. The summed E-state index contributed by atoms with van der Waals surface area (Å²) in [4.78, 5) is 2.38. The maximum Gasteiger partial charge on any atom is 0.0541 e. The van der Waals surface area contributed by atoms with Crippen LogP contribution in [0.25, 0.3) is 82.1 Å². The maximum atomic E-state index is 2.38. The number of hydrogen-bond acceptors (Lipinski definition) is 1. The van der Waals surface area contributed by atoms with E-state index in [4.69, 9.17) is 0 Å². The molecule has 11 aromatic rings. The normalized spacial score (nSPS) is 11.6. The van der Waals surface area contributed by atoms with E-state index < -0.39 is 0 Å². The second-order valence-electron chi connectivity index (χ2n) is 14.6. The van der Waals surface area contributed by atoms with E-state index in [-0.39, 0.29) is 0 Å². The Bertz CT molecular complexity index is 3220. The van der Waals surface area contributed by atoms with Crippen molar-refractivity contribution in [3.05, 3.63) is 218 Å². The molecule has 262 valence electrons. The molecule has 2 nitrogen and oxygen atoms in total. The third-order valence-corrected chi connectivity index (χ3v) is 11.4. The van der Waals surface area contributed by atoms with Gasteiger partial charge in [0, 0.05) is 33.5 Å². The minimum atomic E-state index is 1.10. The van der Waals surface area contributed by atoms with Gasteiger partial charge in [0.2, 0.25) is 0 Å². The maximum absolute atomic E-state index is 2.38. The smallest absolute Gasteiger partial charge is 0.0541 e. The van der Waals surface area contributed by atoms with E-state index >= 15 is 0 Å². The number of para-hydroxylation sites is 2. The van der Waals surface area contributed by atoms with E-state index in [1.165, 1.54) is 82.1 Å². The highest BCUT2D eigenvalue weighted by Gasteiger charge is 2.17. The molecule has 0 amide bonds. The zero-order valence-corrected chi connectivity index (χ0v) is 30.7. The predicted octanol–water partition coefficient (Wildman–Crippen LogP) is 15.0. The van der Waals surface area contributed by atoms with Crippen LogP contribution in [-0.2, 0) is 0 Å². The number of hydrogen-bond donors (Lipinski definition) is 0. The first-order chi connectivity index (χ1) is 27.8. The Labute approximate surface area is 325 Å². The summed E-state index contributed by atoms with van der Waals surface area (Å²) in [6, 6.07) is 79.5. The van der Waals surface area contributed by atoms with E-state index in [0.717, 1.165) is 17.1 Å². The number of benzene rings is 10. The van der Waals surface area contributed by atoms with Gasteiger partial charge >= 0.3 is 0 Å². The molecule has 0 aliphatic carbocycles. The van der Waals surface area contributed by atoms with Gasteiger partial charge in [0.15, 0.2) is 0 Å². The van der Waals surface area contributed by atoms with E-state index in [1.807, 2.05) is 0 Å². The molecule has 0 aliphatic heterocycles. The highest BCUT2D eigenvalue weighted by Crippen LogP contribution is 2.41. The Hall–Kier alpha value is -7.42. The molecular formula is C54H36N2. The van der Waals surface area contributed by atoms with E-state index in [1.54, 1.807) is 0 Å². The van der Waals surface area contributed by atoms with Gasteiger partial charge in [-0.25, -0.2) is 0 Å². The van der Waals surface area contributed by atoms with Gasteiger partial charge < -0.3 is 9.47 Å². The van der Waals surface area contributed by atoms with Gasteiger partial charge in [-0.2, -0.15) is 0 Å². The molecular weight excluding hydrogens is 677 g/mol. The standard InChI is InChI=1S/C54H36N2/c1-2-14-43(15-3-1)56-53-20-9-8-18-50(53)52-35-42(28-34-54(52)56)37-23-29-44(30-24-37)55(46-33-27-41-22-21-39-12-5-7-17-49(39)51(41)36-46)45-31-25-40(26-32-45)48-19-10-13-38-11-4-6-16-47(38)48/h1-36H. The Morgan fingerprint density at radius 2 is 0.821 bits per heavy atom. The number of aromatic nitrogens is 1. The van der Waals surface area contributed by atoms with Crippen molar-refractivity contribution in [2.45, 2.75) is 0 Å². The topological polar surface area (TPSA) is 8.17 Å². The van der Waals surface area contributed by atoms with Crippen molar-refractivity contribution in [3.8, 4) is 27.9 Å². The third kappa shape index (κ3) is 5.34. The van der Waals surface area contributed by atoms with Crippen LogP contribution in [0.3, 0.4) is 0 Å². The van der Waals surface area contributed by atoms with Gasteiger partial charge in [0.25, 0.3) is 0 Å². The lowest BCUT2D eigenvalue weighted by Crippen LogP contribution is -2.09. The van der Waals surface area contributed by atoms with Gasteiger partial charge in [0.1, 0.15) is 0 Å². The number of fused-ring (bicyclic) bond motifs is 7. The Morgan fingerprint density at radius 3 is 1.59 bits per heavy atom. The zero-order valence-electron chi connectivity index (χ0n) is 30.7. The number of nitrogens with zero attached hydrogens (tertiary/aromatic N) is 2. The van der Waals surface area contributed by atoms with Crippen LogP contribution in [-0.4, -0.2) is 4.57 Å². The number of anilines is 3. The molecule has 0 fully saturated rings. The van der Waals surface area contributed by atoms with Crippen molar-refractivity contribution < 1.29 is 0 Å². The van der Waals surface area contributed by atoms with Gasteiger partial charge in [0.05, 0.1) is 11.0 Å². The van der Waals surface area contributed by atoms with Crippen LogP contribution in [0.5, 0.6) is 0 Å². The van der Waals surface area contributed by atoms with Gasteiger partial charge in [-0.15, -0.1) is 0 Å². The molecule has 2 heteroatoms. The van der Waals surface area contributed by atoms with Crippen molar-refractivity contribution in [3.63, 3.8) is 0 Å². The molecule has 0 radical (unpaired) electrons. The zero-order chi connectivity index (χ0) is 37.0. The molecule has 0 N–H and O–H groups in total. The van der Waals surface area contributed by atoms with Gasteiger partial charge in [-0.3, -0.25) is 0 Å². The highest BCUT2D eigenvalue weighted by molar-refractivity contribution is 6.11. The molecule has 0 bridgehead atoms. The Kier molecular flexibility index (Phi) is 7.53. The first-order valence-corrected chi connectivity index (χ1v) is 19.3. The van der Waals surface area contributed by atoms with Crippen LogP contribution in [0.2, 0.25) is 0 Å². The molecule has 0 saturated carbocycles. The average molecular weight is 713 g/mol. The summed E-state index contributed by atoms with van der Waals surface area (Å²) in [5, 5.41) is 10.0. The summed E-state index contributed by atoms with van der Waals surface area (Å²) in [6.45, 7) is 0. The first-order valence-electron chi connectivity index (χ1n) is 19.3. The Morgan fingerprint density at radius 1 is 0.286 bits per heavy atom. The molecule has 56 heavy (non-hydrogen) atoms. The fourth-order valence-electron chi connectivity index (χ4n) is 8.65. The first kappa shape index (κ1) is 32.0. The minimum absolute atomic E-state index is 1.10. The molecule has 1 aromatic heterocycles. The van der Waals surface area contributed by atoms with Crippen LogP contribution >= 0.6 is 0 Å². The largest absolute Gasteiger partial charge is 0.310 e. The van der Waals surface area contributed by atoms with Crippen LogP contribution in [0.1, 0.15) is 0 Å². The van der Waals surface area contributed by atoms with E-state index in [2.05, 4.69) is 228 Å².